The maximum Gasteiger partial charge on any atom is 0.265 e. The van der Waals surface area contributed by atoms with Crippen molar-refractivity contribution >= 4 is 39.7 Å². The fourth-order valence-electron chi connectivity index (χ4n) is 4.82. The summed E-state index contributed by atoms with van der Waals surface area (Å²) < 4.78 is 5.82. The number of nitrogens with one attached hydrogen (secondary N) is 2. The lowest BCUT2D eigenvalue weighted by atomic mass is 9.88. The summed E-state index contributed by atoms with van der Waals surface area (Å²) in [5, 5.41) is 6.33. The van der Waals surface area contributed by atoms with Gasteiger partial charge in [0, 0.05) is 16.1 Å². The molecule has 0 radical (unpaired) electrons. The highest BCUT2D eigenvalue weighted by Gasteiger charge is 2.27. The molecular formula is C29H33N3O4S. The van der Waals surface area contributed by atoms with Crippen molar-refractivity contribution in [2.45, 2.75) is 60.0 Å². The van der Waals surface area contributed by atoms with Crippen molar-refractivity contribution in [2.75, 3.05) is 10.6 Å². The Kier molecular flexibility index (Phi) is 7.68. The summed E-state index contributed by atoms with van der Waals surface area (Å²) in [6, 6.07) is 10.6. The van der Waals surface area contributed by atoms with Gasteiger partial charge in [0.15, 0.2) is 6.10 Å². The number of hydrogen-bond acceptors (Lipinski definition) is 5. The zero-order valence-electron chi connectivity index (χ0n) is 21.9. The summed E-state index contributed by atoms with van der Waals surface area (Å²) in [5.41, 5.74) is 11.4. The fraction of sp³-hybridized carbons (Fsp3) is 0.345. The molecule has 3 amide bonds. The molecule has 194 valence electrons. The molecule has 4 rings (SSSR count). The van der Waals surface area contributed by atoms with Gasteiger partial charge in [-0.15, -0.1) is 11.3 Å². The lowest BCUT2D eigenvalue weighted by molar-refractivity contribution is -0.122. The van der Waals surface area contributed by atoms with E-state index in [2.05, 4.69) is 17.6 Å². The standard InChI is InChI=1S/C29H33N3O4S/c1-15-6-11-22-23(14-15)37-29(24(22)26(30)33)32-28(35)20-7-9-21(10-8-20)36-19(5)27(34)31-25-17(3)12-16(2)13-18(25)4/h7-10,12-13,15,19H,6,11,14H2,1-5H3,(H2,30,33)(H,31,34)(H,32,35)/t15-,19+/m1/s1. The molecule has 0 spiro atoms. The minimum Gasteiger partial charge on any atom is -0.481 e. The van der Waals surface area contributed by atoms with Crippen molar-refractivity contribution in [1.82, 2.24) is 0 Å². The van der Waals surface area contributed by atoms with Crippen LogP contribution in [0, 0.1) is 26.7 Å². The molecule has 0 unspecified atom stereocenters. The Morgan fingerprint density at radius 2 is 1.70 bits per heavy atom. The van der Waals surface area contributed by atoms with Crippen molar-refractivity contribution in [3.8, 4) is 5.75 Å². The number of benzene rings is 2. The molecule has 1 aliphatic carbocycles. The summed E-state index contributed by atoms with van der Waals surface area (Å²) >= 11 is 1.43. The number of ether oxygens (including phenoxy) is 1. The molecular weight excluding hydrogens is 486 g/mol. The number of primary amides is 1. The highest BCUT2D eigenvalue weighted by atomic mass is 32.1. The van der Waals surface area contributed by atoms with E-state index in [0.717, 1.165) is 52.1 Å². The minimum atomic E-state index is -0.738. The Morgan fingerprint density at radius 1 is 1.05 bits per heavy atom. The number of nitrogens with two attached hydrogens (primary N) is 1. The molecule has 0 saturated heterocycles. The van der Waals surface area contributed by atoms with Crippen LogP contribution < -0.4 is 21.1 Å². The number of carbonyl (C=O) groups is 3. The number of aryl methyl sites for hydroxylation is 3. The fourth-order valence-corrected chi connectivity index (χ4v) is 6.23. The average molecular weight is 520 g/mol. The van der Waals surface area contributed by atoms with Crippen molar-refractivity contribution in [1.29, 1.82) is 0 Å². The van der Waals surface area contributed by atoms with Gasteiger partial charge in [-0.25, -0.2) is 0 Å². The van der Waals surface area contributed by atoms with Gasteiger partial charge in [-0.3, -0.25) is 14.4 Å². The molecule has 1 aliphatic rings. The van der Waals surface area contributed by atoms with Gasteiger partial charge in [0.1, 0.15) is 10.8 Å². The van der Waals surface area contributed by atoms with Crippen LogP contribution in [-0.2, 0) is 17.6 Å². The molecule has 37 heavy (non-hydrogen) atoms. The van der Waals surface area contributed by atoms with E-state index in [1.54, 1.807) is 31.2 Å². The van der Waals surface area contributed by atoms with Crippen LogP contribution in [0.2, 0.25) is 0 Å². The normalized spacial score (nSPS) is 15.4. The van der Waals surface area contributed by atoms with Crippen LogP contribution >= 0.6 is 11.3 Å². The summed E-state index contributed by atoms with van der Waals surface area (Å²) in [6.45, 7) is 9.81. The molecule has 2 aromatic carbocycles. The molecule has 0 bridgehead atoms. The van der Waals surface area contributed by atoms with Crippen LogP contribution in [-0.4, -0.2) is 23.8 Å². The number of rotatable bonds is 7. The lowest BCUT2D eigenvalue weighted by Crippen LogP contribution is -2.30. The molecule has 0 fully saturated rings. The molecule has 1 heterocycles. The Bertz CT molecular complexity index is 1340. The largest absolute Gasteiger partial charge is 0.481 e. The first kappa shape index (κ1) is 26.4. The highest BCUT2D eigenvalue weighted by Crippen LogP contribution is 2.39. The van der Waals surface area contributed by atoms with Crippen molar-refractivity contribution in [2.24, 2.45) is 11.7 Å². The Hall–Kier alpha value is -3.65. The first-order valence-electron chi connectivity index (χ1n) is 12.4. The average Bonchev–Trinajstić information content (AvgIpc) is 3.18. The summed E-state index contributed by atoms with van der Waals surface area (Å²) in [7, 11) is 0. The van der Waals surface area contributed by atoms with Crippen molar-refractivity contribution in [3.63, 3.8) is 0 Å². The summed E-state index contributed by atoms with van der Waals surface area (Å²) in [5.74, 6) is -0.106. The third-order valence-corrected chi connectivity index (χ3v) is 7.88. The number of anilines is 2. The Balaban J connectivity index is 1.41. The van der Waals surface area contributed by atoms with Gasteiger partial charge >= 0.3 is 0 Å². The van der Waals surface area contributed by atoms with Crippen LogP contribution in [0.1, 0.15) is 68.1 Å². The number of thiophene rings is 1. The van der Waals surface area contributed by atoms with E-state index < -0.39 is 12.0 Å². The maximum atomic E-state index is 12.9. The molecule has 3 aromatic rings. The highest BCUT2D eigenvalue weighted by molar-refractivity contribution is 7.17. The monoisotopic (exact) mass is 519 g/mol. The van der Waals surface area contributed by atoms with Gasteiger partial charge in [0.25, 0.3) is 17.7 Å². The summed E-state index contributed by atoms with van der Waals surface area (Å²) in [4.78, 5) is 38.9. The number of amides is 3. The number of fused-ring (bicyclic) bond motifs is 1. The van der Waals surface area contributed by atoms with Crippen LogP contribution in [0.15, 0.2) is 36.4 Å². The van der Waals surface area contributed by atoms with Gasteiger partial charge in [0.05, 0.1) is 5.56 Å². The molecule has 1 aromatic heterocycles. The molecule has 7 nitrogen and oxygen atoms in total. The third-order valence-electron chi connectivity index (χ3n) is 6.71. The van der Waals surface area contributed by atoms with Gasteiger partial charge < -0.3 is 21.1 Å². The first-order valence-corrected chi connectivity index (χ1v) is 13.3. The summed E-state index contributed by atoms with van der Waals surface area (Å²) in [6.07, 6.45) is 1.94. The second-order valence-electron chi connectivity index (χ2n) is 9.92. The lowest BCUT2D eigenvalue weighted by Gasteiger charge is -2.18. The predicted molar refractivity (Wildman–Crippen MR) is 148 cm³/mol. The number of hydrogen-bond donors (Lipinski definition) is 3. The van der Waals surface area contributed by atoms with Gasteiger partial charge in [-0.2, -0.15) is 0 Å². The quantitative estimate of drug-likeness (QED) is 0.380. The van der Waals surface area contributed by atoms with Gasteiger partial charge in [-0.05, 0) is 93.8 Å². The van der Waals surface area contributed by atoms with E-state index in [1.165, 1.54) is 11.3 Å². The second kappa shape index (κ2) is 10.8. The van der Waals surface area contributed by atoms with E-state index in [9.17, 15) is 14.4 Å². The molecule has 4 N–H and O–H groups in total. The molecule has 0 saturated carbocycles. The van der Waals surface area contributed by atoms with Crippen molar-refractivity contribution in [3.05, 3.63) is 74.7 Å². The van der Waals surface area contributed by atoms with Crippen molar-refractivity contribution < 1.29 is 19.1 Å². The smallest absolute Gasteiger partial charge is 0.265 e. The second-order valence-corrected chi connectivity index (χ2v) is 11.0. The molecule has 0 aliphatic heterocycles. The number of carbonyl (C=O) groups excluding carboxylic acids is 3. The SMILES string of the molecule is Cc1cc(C)c(NC(=O)[C@H](C)Oc2ccc(C(=O)Nc3sc4c(c3C(N)=O)CC[C@@H](C)C4)cc2)c(C)c1. The van der Waals surface area contributed by atoms with Crippen LogP contribution in [0.5, 0.6) is 5.75 Å². The minimum absolute atomic E-state index is 0.258. The Morgan fingerprint density at radius 3 is 2.32 bits per heavy atom. The van der Waals surface area contributed by atoms with Gasteiger partial charge in [0.2, 0.25) is 0 Å². The van der Waals surface area contributed by atoms with Crippen LogP contribution in [0.25, 0.3) is 0 Å². The maximum absolute atomic E-state index is 12.9. The van der Waals surface area contributed by atoms with E-state index >= 15 is 0 Å². The molecule has 2 atom stereocenters. The zero-order valence-corrected chi connectivity index (χ0v) is 22.7. The Labute approximate surface area is 221 Å². The third kappa shape index (κ3) is 5.85. The van der Waals surface area contributed by atoms with Crippen LogP contribution in [0.3, 0.4) is 0 Å². The zero-order chi connectivity index (χ0) is 26.9. The van der Waals surface area contributed by atoms with E-state index in [4.69, 9.17) is 10.5 Å². The van der Waals surface area contributed by atoms with E-state index in [-0.39, 0.29) is 11.8 Å². The van der Waals surface area contributed by atoms with E-state index in [1.807, 2.05) is 32.9 Å². The molecule has 8 heteroatoms. The topological polar surface area (TPSA) is 111 Å². The van der Waals surface area contributed by atoms with E-state index in [0.29, 0.717) is 27.8 Å². The predicted octanol–water partition coefficient (Wildman–Crippen LogP) is 5.56. The van der Waals surface area contributed by atoms with Gasteiger partial charge in [-0.1, -0.05) is 24.6 Å². The van der Waals surface area contributed by atoms with Crippen LogP contribution in [0.4, 0.5) is 10.7 Å². The first-order chi connectivity index (χ1) is 17.5.